The first-order chi connectivity index (χ1) is 8.49. The van der Waals surface area contributed by atoms with Gasteiger partial charge in [-0.3, -0.25) is 0 Å². The van der Waals surface area contributed by atoms with Gasteiger partial charge >= 0.3 is 5.97 Å². The minimum Gasteiger partial charge on any atom is -0.476 e. The van der Waals surface area contributed by atoms with Crippen molar-refractivity contribution in [3.8, 4) is 0 Å². The van der Waals surface area contributed by atoms with E-state index in [1.165, 1.54) is 12.1 Å². The molecule has 18 heavy (non-hydrogen) atoms. The molecule has 1 aromatic heterocycles. The van der Waals surface area contributed by atoms with Crippen LogP contribution < -0.4 is 0 Å². The molecule has 0 spiro atoms. The third-order valence-corrected chi connectivity index (χ3v) is 2.87. The Bertz CT molecular complexity index is 588. The zero-order chi connectivity index (χ0) is 13.3. The van der Waals surface area contributed by atoms with E-state index in [1.54, 1.807) is 30.5 Å². The van der Waals surface area contributed by atoms with E-state index in [0.29, 0.717) is 18.1 Å². The Hall–Kier alpha value is -2.17. The number of halogens is 1. The van der Waals surface area contributed by atoms with Crippen LogP contribution in [0.15, 0.2) is 24.3 Å². The first-order valence-electron chi connectivity index (χ1n) is 5.50. The van der Waals surface area contributed by atoms with Crippen LogP contribution in [-0.2, 0) is 6.54 Å². The molecule has 1 aromatic carbocycles. The van der Waals surface area contributed by atoms with Crippen molar-refractivity contribution in [2.75, 3.05) is 0 Å². The quantitative estimate of drug-likeness (QED) is 0.907. The minimum atomic E-state index is -1.03. The van der Waals surface area contributed by atoms with E-state index in [9.17, 15) is 9.18 Å². The molecule has 2 aromatic rings. The van der Waals surface area contributed by atoms with Gasteiger partial charge in [-0.1, -0.05) is 12.1 Å². The summed E-state index contributed by atoms with van der Waals surface area (Å²) in [5.74, 6) is -0.688. The van der Waals surface area contributed by atoms with E-state index in [0.717, 1.165) is 5.56 Å². The fraction of sp³-hybridized carbons (Fsp3) is 0.231. The molecule has 0 radical (unpaired) electrons. The molecule has 0 saturated heterocycles. The van der Waals surface area contributed by atoms with Gasteiger partial charge in [-0.05, 0) is 31.5 Å². The lowest BCUT2D eigenvalue weighted by atomic mass is 10.2. The summed E-state index contributed by atoms with van der Waals surface area (Å²) in [4.78, 5) is 15.0. The lowest BCUT2D eigenvalue weighted by Crippen LogP contribution is -2.05. The van der Waals surface area contributed by atoms with Crippen LogP contribution in [0.2, 0.25) is 0 Å². The van der Waals surface area contributed by atoms with Gasteiger partial charge in [-0.25, -0.2) is 14.2 Å². The number of benzene rings is 1. The number of aromatic carboxylic acids is 1. The Balaban J connectivity index is 2.34. The zero-order valence-corrected chi connectivity index (χ0v) is 10.1. The SMILES string of the molecule is Cc1nc(C(=O)O)c(C)n1Cc1ccc(F)cc1. The average molecular weight is 248 g/mol. The van der Waals surface area contributed by atoms with Crippen LogP contribution in [0.4, 0.5) is 4.39 Å². The van der Waals surface area contributed by atoms with Gasteiger partial charge in [0.2, 0.25) is 0 Å². The number of imidazole rings is 1. The second-order valence-corrected chi connectivity index (χ2v) is 4.11. The van der Waals surface area contributed by atoms with Crippen LogP contribution in [0.3, 0.4) is 0 Å². The van der Waals surface area contributed by atoms with Crippen molar-refractivity contribution in [1.29, 1.82) is 0 Å². The first kappa shape index (κ1) is 12.3. The highest BCUT2D eigenvalue weighted by Crippen LogP contribution is 2.14. The molecule has 0 atom stereocenters. The van der Waals surface area contributed by atoms with Crippen LogP contribution in [-0.4, -0.2) is 20.6 Å². The monoisotopic (exact) mass is 248 g/mol. The van der Waals surface area contributed by atoms with Gasteiger partial charge in [0.15, 0.2) is 5.69 Å². The molecular weight excluding hydrogens is 235 g/mol. The molecule has 1 N–H and O–H groups in total. The maximum absolute atomic E-state index is 12.8. The van der Waals surface area contributed by atoms with E-state index in [4.69, 9.17) is 5.11 Å². The fourth-order valence-electron chi connectivity index (χ4n) is 1.88. The van der Waals surface area contributed by atoms with Crippen molar-refractivity contribution in [3.63, 3.8) is 0 Å². The van der Waals surface area contributed by atoms with Crippen molar-refractivity contribution in [1.82, 2.24) is 9.55 Å². The fourth-order valence-corrected chi connectivity index (χ4v) is 1.88. The minimum absolute atomic E-state index is 0.0645. The molecule has 1 heterocycles. The van der Waals surface area contributed by atoms with E-state index in [-0.39, 0.29) is 11.5 Å². The van der Waals surface area contributed by atoms with E-state index in [2.05, 4.69) is 4.98 Å². The molecule has 0 aliphatic heterocycles. The third-order valence-electron chi connectivity index (χ3n) is 2.87. The molecule has 0 amide bonds. The van der Waals surface area contributed by atoms with Gasteiger partial charge in [0.05, 0.1) is 0 Å². The lowest BCUT2D eigenvalue weighted by Gasteiger charge is -2.07. The molecule has 0 fully saturated rings. The number of carboxylic acids is 1. The van der Waals surface area contributed by atoms with Crippen LogP contribution in [0, 0.1) is 19.7 Å². The summed E-state index contributed by atoms with van der Waals surface area (Å²) in [6, 6.07) is 6.12. The van der Waals surface area contributed by atoms with Crippen molar-refractivity contribution in [2.45, 2.75) is 20.4 Å². The molecular formula is C13H13FN2O2. The number of nitrogens with zero attached hydrogens (tertiary/aromatic N) is 2. The summed E-state index contributed by atoms with van der Waals surface area (Å²) < 4.78 is 14.6. The van der Waals surface area contributed by atoms with Crippen LogP contribution in [0.25, 0.3) is 0 Å². The summed E-state index contributed by atoms with van der Waals surface area (Å²) in [7, 11) is 0. The maximum atomic E-state index is 12.8. The molecule has 0 bridgehead atoms. The Kier molecular flexibility index (Phi) is 3.14. The Morgan fingerprint density at radius 3 is 2.44 bits per heavy atom. The van der Waals surface area contributed by atoms with E-state index >= 15 is 0 Å². The smallest absolute Gasteiger partial charge is 0.356 e. The summed E-state index contributed by atoms with van der Waals surface area (Å²) in [6.07, 6.45) is 0. The Morgan fingerprint density at radius 2 is 1.94 bits per heavy atom. The molecule has 94 valence electrons. The Morgan fingerprint density at radius 1 is 1.33 bits per heavy atom. The van der Waals surface area contributed by atoms with Crippen molar-refractivity contribution in [2.24, 2.45) is 0 Å². The molecule has 0 saturated carbocycles. The molecule has 0 unspecified atom stereocenters. The van der Waals surface area contributed by atoms with Crippen LogP contribution in [0.1, 0.15) is 27.6 Å². The topological polar surface area (TPSA) is 55.1 Å². The molecule has 0 aliphatic rings. The zero-order valence-electron chi connectivity index (χ0n) is 10.1. The number of aryl methyl sites for hydroxylation is 1. The van der Waals surface area contributed by atoms with Gasteiger partial charge in [0, 0.05) is 12.2 Å². The van der Waals surface area contributed by atoms with Gasteiger partial charge in [-0.2, -0.15) is 0 Å². The highest BCUT2D eigenvalue weighted by molar-refractivity contribution is 5.86. The normalized spacial score (nSPS) is 10.6. The number of carbonyl (C=O) groups is 1. The van der Waals surface area contributed by atoms with Gasteiger partial charge < -0.3 is 9.67 Å². The lowest BCUT2D eigenvalue weighted by molar-refractivity contribution is 0.0690. The third kappa shape index (κ3) is 2.25. The number of hydrogen-bond donors (Lipinski definition) is 1. The van der Waals surface area contributed by atoms with Crippen LogP contribution in [0.5, 0.6) is 0 Å². The highest BCUT2D eigenvalue weighted by Gasteiger charge is 2.16. The average Bonchev–Trinajstić information content (AvgIpc) is 2.60. The van der Waals surface area contributed by atoms with Gasteiger partial charge in [-0.15, -0.1) is 0 Å². The second-order valence-electron chi connectivity index (χ2n) is 4.11. The standard InChI is InChI=1S/C13H13FN2O2/c1-8-12(13(17)18)15-9(2)16(8)7-10-3-5-11(14)6-4-10/h3-6H,7H2,1-2H3,(H,17,18). The van der Waals surface area contributed by atoms with Crippen LogP contribution >= 0.6 is 0 Å². The van der Waals surface area contributed by atoms with Crippen molar-refractivity contribution >= 4 is 5.97 Å². The maximum Gasteiger partial charge on any atom is 0.356 e. The molecule has 4 nitrogen and oxygen atoms in total. The number of aromatic nitrogens is 2. The van der Waals surface area contributed by atoms with Crippen molar-refractivity contribution in [3.05, 3.63) is 52.9 Å². The second kappa shape index (κ2) is 4.60. The van der Waals surface area contributed by atoms with Crippen molar-refractivity contribution < 1.29 is 14.3 Å². The number of carboxylic acid groups (broad SMARTS) is 1. The summed E-state index contributed by atoms with van der Waals surface area (Å²) in [5.41, 5.74) is 1.57. The number of rotatable bonds is 3. The van der Waals surface area contributed by atoms with E-state index < -0.39 is 5.97 Å². The predicted molar refractivity (Wildman–Crippen MR) is 64.2 cm³/mol. The largest absolute Gasteiger partial charge is 0.476 e. The predicted octanol–water partition coefficient (Wildman–Crippen LogP) is 2.39. The number of hydrogen-bond acceptors (Lipinski definition) is 2. The molecule has 5 heteroatoms. The summed E-state index contributed by atoms with van der Waals surface area (Å²) in [5, 5.41) is 8.98. The molecule has 2 rings (SSSR count). The summed E-state index contributed by atoms with van der Waals surface area (Å²) >= 11 is 0. The van der Waals surface area contributed by atoms with Gasteiger partial charge in [0.1, 0.15) is 11.6 Å². The highest BCUT2D eigenvalue weighted by atomic mass is 19.1. The molecule has 0 aliphatic carbocycles. The summed E-state index contributed by atoms with van der Waals surface area (Å²) in [6.45, 7) is 3.95. The first-order valence-corrected chi connectivity index (χ1v) is 5.50. The van der Waals surface area contributed by atoms with E-state index in [1.807, 2.05) is 0 Å². The Labute approximate surface area is 104 Å². The van der Waals surface area contributed by atoms with Gasteiger partial charge in [0.25, 0.3) is 0 Å².